The predicted octanol–water partition coefficient (Wildman–Crippen LogP) is 3.89. The summed E-state index contributed by atoms with van der Waals surface area (Å²) in [6, 6.07) is 15.3. The van der Waals surface area contributed by atoms with Gasteiger partial charge in [-0.3, -0.25) is 14.5 Å². The van der Waals surface area contributed by atoms with Crippen LogP contribution in [-0.2, 0) is 9.59 Å². The number of hydrogen-bond acceptors (Lipinski definition) is 3. The number of carbonyl (C=O) groups is 2. The van der Waals surface area contributed by atoms with E-state index in [2.05, 4.69) is 33.2 Å². The molecule has 0 aromatic heterocycles. The minimum absolute atomic E-state index is 0.116. The molecule has 0 atom stereocenters. The van der Waals surface area contributed by atoms with E-state index in [-0.39, 0.29) is 24.9 Å². The lowest BCUT2D eigenvalue weighted by Gasteiger charge is -2.21. The summed E-state index contributed by atoms with van der Waals surface area (Å²) in [6.45, 7) is 5.03. The van der Waals surface area contributed by atoms with E-state index in [0.29, 0.717) is 6.54 Å². The van der Waals surface area contributed by atoms with Gasteiger partial charge in [-0.25, -0.2) is 0 Å². The summed E-state index contributed by atoms with van der Waals surface area (Å²) in [5, 5.41) is 5.79. The van der Waals surface area contributed by atoms with Crippen LogP contribution in [0.15, 0.2) is 48.5 Å². The summed E-state index contributed by atoms with van der Waals surface area (Å²) in [6.07, 6.45) is 0.870. The maximum Gasteiger partial charge on any atom is 0.238 e. The minimum Gasteiger partial charge on any atom is -0.325 e. The van der Waals surface area contributed by atoms with Crippen molar-refractivity contribution in [3.63, 3.8) is 0 Å². The third kappa shape index (κ3) is 6.76. The van der Waals surface area contributed by atoms with Crippen LogP contribution >= 0.6 is 22.6 Å². The fraction of sp³-hybridized carbons (Fsp3) is 0.300. The Morgan fingerprint density at radius 3 is 2.19 bits per heavy atom. The molecule has 0 spiro atoms. The average Bonchev–Trinajstić information content (AvgIpc) is 2.59. The monoisotopic (exact) mass is 465 g/mol. The van der Waals surface area contributed by atoms with Crippen LogP contribution in [0.2, 0.25) is 0 Å². The third-order valence-electron chi connectivity index (χ3n) is 3.82. The van der Waals surface area contributed by atoms with E-state index in [9.17, 15) is 9.59 Å². The van der Waals surface area contributed by atoms with E-state index in [1.54, 1.807) is 0 Å². The molecule has 0 saturated heterocycles. The number of anilines is 2. The predicted molar refractivity (Wildman–Crippen MR) is 114 cm³/mol. The lowest BCUT2D eigenvalue weighted by molar-refractivity contribution is -0.120. The maximum absolute atomic E-state index is 12.3. The first kappa shape index (κ1) is 20.4. The second-order valence-corrected chi connectivity index (χ2v) is 7.37. The van der Waals surface area contributed by atoms with Gasteiger partial charge in [-0.1, -0.05) is 25.1 Å². The zero-order valence-corrected chi connectivity index (χ0v) is 17.2. The molecular formula is C20H24IN3O2. The molecule has 6 heteroatoms. The van der Waals surface area contributed by atoms with Crippen molar-refractivity contribution in [3.8, 4) is 0 Å². The summed E-state index contributed by atoms with van der Waals surface area (Å²) in [4.78, 5) is 26.5. The number of rotatable bonds is 8. The lowest BCUT2D eigenvalue weighted by Crippen LogP contribution is -2.39. The first-order chi connectivity index (χ1) is 12.5. The summed E-state index contributed by atoms with van der Waals surface area (Å²) in [7, 11) is 0. The van der Waals surface area contributed by atoms with E-state index in [1.807, 2.05) is 67.3 Å². The average molecular weight is 465 g/mol. The van der Waals surface area contributed by atoms with Crippen LogP contribution < -0.4 is 10.6 Å². The lowest BCUT2D eigenvalue weighted by atomic mass is 10.2. The summed E-state index contributed by atoms with van der Waals surface area (Å²) < 4.78 is 1.11. The first-order valence-corrected chi connectivity index (χ1v) is 9.69. The number of nitrogens with one attached hydrogen (secondary N) is 2. The molecule has 0 aliphatic heterocycles. The molecule has 0 aliphatic carbocycles. The quantitative estimate of drug-likeness (QED) is 0.582. The van der Waals surface area contributed by atoms with Crippen molar-refractivity contribution in [3.05, 3.63) is 57.7 Å². The van der Waals surface area contributed by atoms with Gasteiger partial charge in [0.05, 0.1) is 13.1 Å². The van der Waals surface area contributed by atoms with Crippen LogP contribution in [0.25, 0.3) is 0 Å². The van der Waals surface area contributed by atoms with E-state index in [1.165, 1.54) is 0 Å². The smallest absolute Gasteiger partial charge is 0.238 e. The highest BCUT2D eigenvalue weighted by molar-refractivity contribution is 14.1. The zero-order chi connectivity index (χ0) is 18.9. The number of aryl methyl sites for hydroxylation is 1. The van der Waals surface area contributed by atoms with Crippen molar-refractivity contribution < 1.29 is 9.59 Å². The van der Waals surface area contributed by atoms with Crippen molar-refractivity contribution in [2.45, 2.75) is 20.3 Å². The number of benzene rings is 2. The van der Waals surface area contributed by atoms with Crippen LogP contribution in [0, 0.1) is 10.5 Å². The topological polar surface area (TPSA) is 61.4 Å². The molecule has 26 heavy (non-hydrogen) atoms. The largest absolute Gasteiger partial charge is 0.325 e. The Labute approximate surface area is 168 Å². The molecule has 0 bridgehead atoms. The number of halogens is 1. The standard InChI is InChI=1S/C20H24IN3O2/c1-3-12-24(13-19(25)22-17-10-8-16(21)9-11-17)14-20(26)23-18-7-5-4-6-15(18)2/h4-11H,3,12-14H2,1-2H3,(H,22,25)(H,23,26). The molecule has 2 aromatic carbocycles. The summed E-state index contributed by atoms with van der Waals surface area (Å²) in [5.41, 5.74) is 2.58. The van der Waals surface area contributed by atoms with Crippen LogP contribution in [0.5, 0.6) is 0 Å². The highest BCUT2D eigenvalue weighted by Crippen LogP contribution is 2.13. The Hall–Kier alpha value is -1.93. The Morgan fingerprint density at radius 2 is 1.58 bits per heavy atom. The number of hydrogen-bond donors (Lipinski definition) is 2. The molecular weight excluding hydrogens is 441 g/mol. The van der Waals surface area contributed by atoms with E-state index in [0.717, 1.165) is 26.9 Å². The minimum atomic E-state index is -0.122. The Bertz CT molecular complexity index is 747. The molecule has 5 nitrogen and oxygen atoms in total. The highest BCUT2D eigenvalue weighted by Gasteiger charge is 2.15. The third-order valence-corrected chi connectivity index (χ3v) is 4.54. The van der Waals surface area contributed by atoms with Gasteiger partial charge in [-0.15, -0.1) is 0 Å². The van der Waals surface area contributed by atoms with Gasteiger partial charge in [0, 0.05) is 14.9 Å². The van der Waals surface area contributed by atoms with E-state index >= 15 is 0 Å². The van der Waals surface area contributed by atoms with Crippen LogP contribution in [0.3, 0.4) is 0 Å². The van der Waals surface area contributed by atoms with Crippen molar-refractivity contribution in [2.24, 2.45) is 0 Å². The molecule has 2 amide bonds. The van der Waals surface area contributed by atoms with Crippen molar-refractivity contribution in [1.82, 2.24) is 4.90 Å². The van der Waals surface area contributed by atoms with Gasteiger partial charge in [-0.05, 0) is 78.4 Å². The van der Waals surface area contributed by atoms with Crippen molar-refractivity contribution >= 4 is 45.8 Å². The number of nitrogens with zero attached hydrogens (tertiary/aromatic N) is 1. The van der Waals surface area contributed by atoms with Gasteiger partial charge in [0.2, 0.25) is 11.8 Å². The van der Waals surface area contributed by atoms with Crippen molar-refractivity contribution in [1.29, 1.82) is 0 Å². The van der Waals surface area contributed by atoms with Gasteiger partial charge < -0.3 is 10.6 Å². The normalized spacial score (nSPS) is 10.6. The second kappa shape index (κ2) is 10.3. The second-order valence-electron chi connectivity index (χ2n) is 6.13. The first-order valence-electron chi connectivity index (χ1n) is 8.61. The van der Waals surface area contributed by atoms with Gasteiger partial charge in [0.15, 0.2) is 0 Å². The molecule has 2 rings (SSSR count). The van der Waals surface area contributed by atoms with Gasteiger partial charge in [-0.2, -0.15) is 0 Å². The molecule has 0 unspecified atom stereocenters. The SMILES string of the molecule is CCCN(CC(=O)Nc1ccc(I)cc1)CC(=O)Nc1ccccc1C. The molecule has 0 heterocycles. The molecule has 0 fully saturated rings. The number of carbonyl (C=O) groups excluding carboxylic acids is 2. The van der Waals surface area contributed by atoms with Crippen LogP contribution in [0.4, 0.5) is 11.4 Å². The molecule has 0 saturated carbocycles. The molecule has 0 aliphatic rings. The zero-order valence-electron chi connectivity index (χ0n) is 15.1. The van der Waals surface area contributed by atoms with E-state index < -0.39 is 0 Å². The Balaban J connectivity index is 1.90. The molecule has 2 N–H and O–H groups in total. The van der Waals surface area contributed by atoms with Crippen LogP contribution in [0.1, 0.15) is 18.9 Å². The number of para-hydroxylation sites is 1. The van der Waals surface area contributed by atoms with E-state index in [4.69, 9.17) is 0 Å². The van der Waals surface area contributed by atoms with Gasteiger partial charge >= 0.3 is 0 Å². The molecule has 138 valence electrons. The van der Waals surface area contributed by atoms with Gasteiger partial charge in [0.1, 0.15) is 0 Å². The maximum atomic E-state index is 12.3. The summed E-state index contributed by atoms with van der Waals surface area (Å²) >= 11 is 2.22. The van der Waals surface area contributed by atoms with Gasteiger partial charge in [0.25, 0.3) is 0 Å². The Morgan fingerprint density at radius 1 is 0.962 bits per heavy atom. The fourth-order valence-electron chi connectivity index (χ4n) is 2.57. The van der Waals surface area contributed by atoms with Crippen LogP contribution in [-0.4, -0.2) is 36.3 Å². The molecule has 2 aromatic rings. The number of amides is 2. The van der Waals surface area contributed by atoms with Crippen molar-refractivity contribution in [2.75, 3.05) is 30.3 Å². The highest BCUT2D eigenvalue weighted by atomic mass is 127. The fourth-order valence-corrected chi connectivity index (χ4v) is 2.93. The Kier molecular flexibility index (Phi) is 8.06. The summed E-state index contributed by atoms with van der Waals surface area (Å²) in [5.74, 6) is -0.238. The molecule has 0 radical (unpaired) electrons.